The van der Waals surface area contributed by atoms with E-state index >= 15 is 0 Å². The molecular weight excluding hydrogens is 288 g/mol. The summed E-state index contributed by atoms with van der Waals surface area (Å²) in [6, 6.07) is 0. The fourth-order valence-corrected chi connectivity index (χ4v) is 3.48. The molecule has 0 aromatic carbocycles. The van der Waals surface area contributed by atoms with Crippen LogP contribution >= 0.6 is 0 Å². The Morgan fingerprint density at radius 2 is 2.17 bits per heavy atom. The minimum absolute atomic E-state index is 0.0564. The zero-order valence-corrected chi connectivity index (χ0v) is 14.7. The smallest absolute Gasteiger partial charge is 0.112 e. The average Bonchev–Trinajstić information content (AvgIpc) is 3.08. The van der Waals surface area contributed by atoms with Gasteiger partial charge in [0, 0.05) is 37.7 Å². The molecule has 23 heavy (non-hydrogen) atoms. The Morgan fingerprint density at radius 1 is 1.35 bits per heavy atom. The van der Waals surface area contributed by atoms with Crippen molar-refractivity contribution in [1.82, 2.24) is 19.1 Å². The van der Waals surface area contributed by atoms with Gasteiger partial charge in [0.05, 0.1) is 24.2 Å². The summed E-state index contributed by atoms with van der Waals surface area (Å²) in [4.78, 5) is 8.98. The summed E-state index contributed by atoms with van der Waals surface area (Å²) >= 11 is 0. The van der Waals surface area contributed by atoms with Crippen LogP contribution in [0.25, 0.3) is 0 Å². The molecule has 1 fully saturated rings. The van der Waals surface area contributed by atoms with Crippen LogP contribution in [0, 0.1) is 5.92 Å². The van der Waals surface area contributed by atoms with Crippen molar-refractivity contribution in [3.05, 3.63) is 36.4 Å². The van der Waals surface area contributed by atoms with Crippen LogP contribution in [0.5, 0.6) is 0 Å². The standard InChI is InChI=1S/C18H28N4O/c1-14(2)11-22-13-19-10-16(22)12-21-7-6-20-17(21)15-5-8-23-18(3,4)9-15/h6-7,10,13-15H,5,8-9,11-12H2,1-4H3/t15-/m1/s1. The Labute approximate surface area is 138 Å². The zero-order valence-electron chi connectivity index (χ0n) is 14.7. The molecule has 0 unspecified atom stereocenters. The van der Waals surface area contributed by atoms with Gasteiger partial charge in [0.1, 0.15) is 5.82 Å². The molecule has 2 aromatic heterocycles. The number of hydrogen-bond acceptors (Lipinski definition) is 3. The van der Waals surface area contributed by atoms with E-state index in [1.165, 1.54) is 11.5 Å². The van der Waals surface area contributed by atoms with Crippen molar-refractivity contribution in [3.8, 4) is 0 Å². The van der Waals surface area contributed by atoms with Gasteiger partial charge in [0.25, 0.3) is 0 Å². The number of ether oxygens (including phenoxy) is 1. The van der Waals surface area contributed by atoms with Gasteiger partial charge in [-0.25, -0.2) is 9.97 Å². The fraction of sp³-hybridized carbons (Fsp3) is 0.667. The first kappa shape index (κ1) is 16.2. The maximum atomic E-state index is 5.85. The van der Waals surface area contributed by atoms with E-state index in [-0.39, 0.29) is 5.60 Å². The Balaban J connectivity index is 1.78. The van der Waals surface area contributed by atoms with Crippen LogP contribution in [0.2, 0.25) is 0 Å². The van der Waals surface area contributed by atoms with E-state index < -0.39 is 0 Å². The maximum absolute atomic E-state index is 5.85. The molecule has 3 rings (SSSR count). The number of rotatable bonds is 5. The third-order valence-electron chi connectivity index (χ3n) is 4.50. The zero-order chi connectivity index (χ0) is 16.4. The molecule has 2 aromatic rings. The van der Waals surface area contributed by atoms with Gasteiger partial charge in [-0.05, 0) is 32.6 Å². The molecule has 3 heterocycles. The van der Waals surface area contributed by atoms with Crippen LogP contribution in [0.4, 0.5) is 0 Å². The molecule has 1 saturated heterocycles. The SMILES string of the molecule is CC(C)Cn1cncc1Cn1ccnc1[C@@H]1CCOC(C)(C)C1. The molecule has 0 N–H and O–H groups in total. The van der Waals surface area contributed by atoms with E-state index in [1.54, 1.807) is 0 Å². The highest BCUT2D eigenvalue weighted by atomic mass is 16.5. The third-order valence-corrected chi connectivity index (χ3v) is 4.50. The van der Waals surface area contributed by atoms with Gasteiger partial charge in [-0.15, -0.1) is 0 Å². The van der Waals surface area contributed by atoms with E-state index in [9.17, 15) is 0 Å². The molecule has 1 atom stereocenters. The van der Waals surface area contributed by atoms with Crippen molar-refractivity contribution >= 4 is 0 Å². The van der Waals surface area contributed by atoms with E-state index in [4.69, 9.17) is 4.74 Å². The normalized spacial score (nSPS) is 21.0. The second-order valence-electron chi connectivity index (χ2n) is 7.64. The highest BCUT2D eigenvalue weighted by Crippen LogP contribution is 2.34. The molecule has 126 valence electrons. The first-order valence-corrected chi connectivity index (χ1v) is 8.58. The third kappa shape index (κ3) is 3.83. The van der Waals surface area contributed by atoms with E-state index in [2.05, 4.69) is 53.0 Å². The van der Waals surface area contributed by atoms with Crippen molar-refractivity contribution < 1.29 is 4.74 Å². The predicted molar refractivity (Wildman–Crippen MR) is 90.4 cm³/mol. The fourth-order valence-electron chi connectivity index (χ4n) is 3.48. The minimum atomic E-state index is -0.0564. The highest BCUT2D eigenvalue weighted by Gasteiger charge is 2.31. The molecule has 0 saturated carbocycles. The van der Waals surface area contributed by atoms with Crippen molar-refractivity contribution in [2.45, 2.75) is 65.1 Å². The second-order valence-corrected chi connectivity index (χ2v) is 7.64. The lowest BCUT2D eigenvalue weighted by molar-refractivity contribution is -0.0606. The number of hydrogen-bond donors (Lipinski definition) is 0. The number of aromatic nitrogens is 4. The Bertz CT molecular complexity index is 641. The van der Waals surface area contributed by atoms with Crippen LogP contribution in [0.15, 0.2) is 24.9 Å². The van der Waals surface area contributed by atoms with Gasteiger partial charge >= 0.3 is 0 Å². The Hall–Kier alpha value is -1.62. The summed E-state index contributed by atoms with van der Waals surface area (Å²) in [5, 5.41) is 0. The summed E-state index contributed by atoms with van der Waals surface area (Å²) < 4.78 is 10.4. The van der Waals surface area contributed by atoms with Crippen molar-refractivity contribution in [2.24, 2.45) is 5.92 Å². The number of nitrogens with zero attached hydrogens (tertiary/aromatic N) is 4. The molecule has 0 amide bonds. The molecular formula is C18H28N4O. The Morgan fingerprint density at radius 3 is 2.91 bits per heavy atom. The lowest BCUT2D eigenvalue weighted by atomic mass is 9.88. The minimum Gasteiger partial charge on any atom is -0.376 e. The van der Waals surface area contributed by atoms with Gasteiger partial charge in [0.15, 0.2) is 0 Å². The van der Waals surface area contributed by atoms with Gasteiger partial charge < -0.3 is 13.9 Å². The summed E-state index contributed by atoms with van der Waals surface area (Å²) in [5.74, 6) is 2.26. The lowest BCUT2D eigenvalue weighted by Crippen LogP contribution is -2.34. The predicted octanol–water partition coefficient (Wildman–Crippen LogP) is 3.46. The van der Waals surface area contributed by atoms with Crippen molar-refractivity contribution in [2.75, 3.05) is 6.61 Å². The van der Waals surface area contributed by atoms with Gasteiger partial charge in [-0.3, -0.25) is 0 Å². The maximum Gasteiger partial charge on any atom is 0.112 e. The van der Waals surface area contributed by atoms with Crippen LogP contribution in [-0.2, 0) is 17.8 Å². The molecule has 0 radical (unpaired) electrons. The van der Waals surface area contributed by atoms with Gasteiger partial charge in [0.2, 0.25) is 0 Å². The lowest BCUT2D eigenvalue weighted by Gasteiger charge is -2.35. The van der Waals surface area contributed by atoms with Crippen molar-refractivity contribution in [1.29, 1.82) is 0 Å². The molecule has 1 aliphatic rings. The molecule has 0 aliphatic carbocycles. The molecule has 0 bridgehead atoms. The van der Waals surface area contributed by atoms with Gasteiger partial charge in [-0.1, -0.05) is 13.8 Å². The summed E-state index contributed by atoms with van der Waals surface area (Å²) in [6.07, 6.45) is 9.98. The van der Waals surface area contributed by atoms with Crippen LogP contribution in [0.1, 0.15) is 58.0 Å². The van der Waals surface area contributed by atoms with Crippen LogP contribution in [0.3, 0.4) is 0 Å². The Kier molecular flexibility index (Phi) is 4.57. The molecule has 5 heteroatoms. The molecule has 1 aliphatic heterocycles. The second kappa shape index (κ2) is 6.48. The topological polar surface area (TPSA) is 44.9 Å². The van der Waals surface area contributed by atoms with Crippen LogP contribution in [-0.4, -0.2) is 31.3 Å². The van der Waals surface area contributed by atoms with Crippen LogP contribution < -0.4 is 0 Å². The molecule has 0 spiro atoms. The van der Waals surface area contributed by atoms with E-state index in [1.807, 2.05) is 18.7 Å². The number of imidazole rings is 2. The summed E-state index contributed by atoms with van der Waals surface area (Å²) in [6.45, 7) is 11.5. The quantitative estimate of drug-likeness (QED) is 0.848. The summed E-state index contributed by atoms with van der Waals surface area (Å²) in [5.41, 5.74) is 1.18. The molecule has 5 nitrogen and oxygen atoms in total. The summed E-state index contributed by atoms with van der Waals surface area (Å²) in [7, 11) is 0. The largest absolute Gasteiger partial charge is 0.376 e. The first-order chi connectivity index (χ1) is 10.9. The van der Waals surface area contributed by atoms with Gasteiger partial charge in [-0.2, -0.15) is 0 Å². The van der Waals surface area contributed by atoms with E-state index in [0.29, 0.717) is 11.8 Å². The van der Waals surface area contributed by atoms with E-state index in [0.717, 1.165) is 32.5 Å². The van der Waals surface area contributed by atoms with Crippen molar-refractivity contribution in [3.63, 3.8) is 0 Å². The average molecular weight is 316 g/mol. The first-order valence-electron chi connectivity index (χ1n) is 8.58. The highest BCUT2D eigenvalue weighted by molar-refractivity contribution is 5.08. The monoisotopic (exact) mass is 316 g/mol.